The fourth-order valence-electron chi connectivity index (χ4n) is 3.92. The van der Waals surface area contributed by atoms with Gasteiger partial charge < -0.3 is 9.32 Å². The zero-order valence-corrected chi connectivity index (χ0v) is 16.6. The summed E-state index contributed by atoms with van der Waals surface area (Å²) in [5, 5.41) is 4.49. The summed E-state index contributed by atoms with van der Waals surface area (Å²) < 4.78 is 5.75. The first-order valence-corrected chi connectivity index (χ1v) is 10.7. The smallest absolute Gasteiger partial charge is 0.157 e. The van der Waals surface area contributed by atoms with Gasteiger partial charge in [-0.2, -0.15) is 0 Å². The largest absolute Gasteiger partial charge is 0.462 e. The zero-order chi connectivity index (χ0) is 18.8. The Labute approximate surface area is 169 Å². The predicted octanol–water partition coefficient (Wildman–Crippen LogP) is 5.27. The Balaban J connectivity index is 1.27. The number of hydrogen-bond donors (Lipinski definition) is 0. The molecule has 1 fully saturated rings. The fraction of sp³-hybridized carbons (Fsp3) is 0.261. The van der Waals surface area contributed by atoms with Crippen LogP contribution in [0.5, 0.6) is 0 Å². The van der Waals surface area contributed by atoms with Gasteiger partial charge in [0.1, 0.15) is 5.01 Å². The maximum atomic E-state index is 5.75. The number of benzene rings is 2. The number of aromatic nitrogens is 1. The van der Waals surface area contributed by atoms with Crippen molar-refractivity contribution >= 4 is 28.0 Å². The molecule has 28 heavy (non-hydrogen) atoms. The van der Waals surface area contributed by atoms with Crippen molar-refractivity contribution in [1.82, 2.24) is 9.88 Å². The molecule has 0 saturated carbocycles. The Kier molecular flexibility index (Phi) is 4.85. The number of fused-ring (bicyclic) bond motifs is 1. The highest BCUT2D eigenvalue weighted by Crippen LogP contribution is 2.29. The lowest BCUT2D eigenvalue weighted by Gasteiger charge is -2.23. The Morgan fingerprint density at radius 1 is 0.929 bits per heavy atom. The molecule has 0 spiro atoms. The molecule has 3 heterocycles. The highest BCUT2D eigenvalue weighted by atomic mass is 32.1. The van der Waals surface area contributed by atoms with Gasteiger partial charge in [0, 0.05) is 49.1 Å². The number of hydrogen-bond acceptors (Lipinski definition) is 5. The van der Waals surface area contributed by atoms with Crippen LogP contribution in [0.25, 0.3) is 21.5 Å². The van der Waals surface area contributed by atoms with Crippen molar-refractivity contribution in [3.05, 3.63) is 71.9 Å². The van der Waals surface area contributed by atoms with E-state index in [1.54, 1.807) is 17.6 Å². The third-order valence-corrected chi connectivity index (χ3v) is 6.29. The van der Waals surface area contributed by atoms with Gasteiger partial charge in [-0.25, -0.2) is 4.98 Å². The highest BCUT2D eigenvalue weighted by Gasteiger charge is 2.19. The van der Waals surface area contributed by atoms with Crippen LogP contribution in [-0.4, -0.2) is 36.1 Å². The van der Waals surface area contributed by atoms with Crippen molar-refractivity contribution in [2.45, 2.75) is 13.0 Å². The third-order valence-electron chi connectivity index (χ3n) is 5.35. The molecule has 142 valence electrons. The molecule has 4 aromatic rings. The van der Waals surface area contributed by atoms with E-state index >= 15 is 0 Å². The number of thiazole rings is 1. The van der Waals surface area contributed by atoms with Gasteiger partial charge in [0.25, 0.3) is 0 Å². The number of nitrogens with zero attached hydrogens (tertiary/aromatic N) is 3. The summed E-state index contributed by atoms with van der Waals surface area (Å²) in [5.74, 6) is 0. The molecule has 5 heteroatoms. The summed E-state index contributed by atoms with van der Waals surface area (Å²) in [5.41, 5.74) is 4.59. The lowest BCUT2D eigenvalue weighted by molar-refractivity contribution is 0.282. The minimum atomic E-state index is 0.919. The number of para-hydroxylation sites is 1. The molecular formula is C23H23N3OS. The van der Waals surface area contributed by atoms with Crippen LogP contribution in [0.15, 0.2) is 70.7 Å². The van der Waals surface area contributed by atoms with E-state index in [2.05, 4.69) is 57.6 Å². The van der Waals surface area contributed by atoms with Crippen molar-refractivity contribution in [3.8, 4) is 10.6 Å². The van der Waals surface area contributed by atoms with E-state index in [0.717, 1.165) is 49.7 Å². The molecule has 4 nitrogen and oxygen atoms in total. The topological polar surface area (TPSA) is 32.5 Å². The summed E-state index contributed by atoms with van der Waals surface area (Å²) >= 11 is 1.74. The average molecular weight is 390 g/mol. The van der Waals surface area contributed by atoms with E-state index < -0.39 is 0 Å². The molecule has 5 rings (SSSR count). The van der Waals surface area contributed by atoms with Crippen LogP contribution in [0.1, 0.15) is 12.1 Å². The van der Waals surface area contributed by atoms with E-state index in [-0.39, 0.29) is 0 Å². The summed E-state index contributed by atoms with van der Waals surface area (Å²) in [6.07, 6.45) is 2.93. The van der Waals surface area contributed by atoms with Gasteiger partial charge >= 0.3 is 0 Å². The molecule has 1 aliphatic rings. The Bertz CT molecular complexity index is 1060. The molecule has 0 aliphatic carbocycles. The van der Waals surface area contributed by atoms with Gasteiger partial charge in [0.05, 0.1) is 17.6 Å². The quantitative estimate of drug-likeness (QED) is 0.476. The van der Waals surface area contributed by atoms with Gasteiger partial charge in [0.15, 0.2) is 5.58 Å². The van der Waals surface area contributed by atoms with Crippen LogP contribution in [0.4, 0.5) is 5.69 Å². The average Bonchev–Trinajstić information content (AvgIpc) is 3.34. The third kappa shape index (κ3) is 3.55. The van der Waals surface area contributed by atoms with Gasteiger partial charge in [-0.1, -0.05) is 42.5 Å². The van der Waals surface area contributed by atoms with Crippen LogP contribution < -0.4 is 4.90 Å². The van der Waals surface area contributed by atoms with Gasteiger partial charge in [-0.15, -0.1) is 11.3 Å². The molecule has 2 aromatic heterocycles. The molecule has 0 bridgehead atoms. The van der Waals surface area contributed by atoms with Gasteiger partial charge in [-0.05, 0) is 18.6 Å². The minimum absolute atomic E-state index is 0.919. The zero-order valence-electron chi connectivity index (χ0n) is 15.8. The van der Waals surface area contributed by atoms with Crippen LogP contribution in [0.3, 0.4) is 0 Å². The van der Waals surface area contributed by atoms with Crippen molar-refractivity contribution in [3.63, 3.8) is 0 Å². The van der Waals surface area contributed by atoms with Gasteiger partial charge in [-0.3, -0.25) is 4.90 Å². The summed E-state index contributed by atoms with van der Waals surface area (Å²) in [7, 11) is 0. The Hall–Kier alpha value is -2.63. The van der Waals surface area contributed by atoms with Crippen molar-refractivity contribution in [2.75, 3.05) is 31.1 Å². The van der Waals surface area contributed by atoms with Gasteiger partial charge in [0.2, 0.25) is 0 Å². The van der Waals surface area contributed by atoms with Crippen molar-refractivity contribution in [2.24, 2.45) is 0 Å². The summed E-state index contributed by atoms with van der Waals surface area (Å²) in [4.78, 5) is 9.85. The van der Waals surface area contributed by atoms with Crippen LogP contribution in [0, 0.1) is 0 Å². The molecule has 1 saturated heterocycles. The first-order chi connectivity index (χ1) is 13.9. The van der Waals surface area contributed by atoms with Crippen molar-refractivity contribution in [1.29, 1.82) is 0 Å². The normalized spacial score (nSPS) is 15.8. The number of anilines is 1. The molecule has 0 unspecified atom stereocenters. The van der Waals surface area contributed by atoms with Crippen LogP contribution >= 0.6 is 11.3 Å². The second kappa shape index (κ2) is 7.78. The lowest BCUT2D eigenvalue weighted by atomic mass is 10.2. The molecule has 1 aliphatic heterocycles. The first-order valence-electron chi connectivity index (χ1n) is 9.80. The monoisotopic (exact) mass is 389 g/mol. The van der Waals surface area contributed by atoms with E-state index in [1.807, 2.05) is 12.1 Å². The highest BCUT2D eigenvalue weighted by molar-refractivity contribution is 7.13. The Morgan fingerprint density at radius 3 is 2.79 bits per heavy atom. The van der Waals surface area contributed by atoms with Crippen LogP contribution in [0.2, 0.25) is 0 Å². The SMILES string of the molecule is c1ccc(-c2nc(CN3CCCN(c4cccc5ccoc45)CC3)cs2)cc1. The standard InChI is InChI=1S/C23H23N3OS/c1-2-6-19(7-3-1)23-24-20(17-28-23)16-25-11-5-12-26(14-13-25)21-9-4-8-18-10-15-27-22(18)21/h1-4,6-10,15,17H,5,11-14,16H2. The minimum Gasteiger partial charge on any atom is -0.462 e. The summed E-state index contributed by atoms with van der Waals surface area (Å²) in [6.45, 7) is 5.12. The summed E-state index contributed by atoms with van der Waals surface area (Å²) in [6, 6.07) is 18.9. The molecule has 0 amide bonds. The second-order valence-corrected chi connectivity index (χ2v) is 8.10. The van der Waals surface area contributed by atoms with E-state index in [9.17, 15) is 0 Å². The molecular weight excluding hydrogens is 366 g/mol. The number of furan rings is 1. The van der Waals surface area contributed by atoms with E-state index in [4.69, 9.17) is 9.40 Å². The fourth-order valence-corrected chi connectivity index (χ4v) is 4.74. The van der Waals surface area contributed by atoms with E-state index in [0.29, 0.717) is 0 Å². The molecule has 2 aromatic carbocycles. The lowest BCUT2D eigenvalue weighted by Crippen LogP contribution is -2.30. The maximum absolute atomic E-state index is 5.75. The van der Waals surface area contributed by atoms with Crippen molar-refractivity contribution < 1.29 is 4.42 Å². The number of rotatable bonds is 4. The first kappa shape index (κ1) is 17.5. The Morgan fingerprint density at radius 2 is 1.86 bits per heavy atom. The molecule has 0 N–H and O–H groups in total. The maximum Gasteiger partial charge on any atom is 0.157 e. The van der Waals surface area contributed by atoms with Crippen LogP contribution in [-0.2, 0) is 6.54 Å². The predicted molar refractivity (Wildman–Crippen MR) is 116 cm³/mol. The second-order valence-electron chi connectivity index (χ2n) is 7.24. The van der Waals surface area contributed by atoms with E-state index in [1.165, 1.54) is 22.3 Å². The molecule has 0 atom stereocenters. The molecule has 0 radical (unpaired) electrons.